The zero-order valence-electron chi connectivity index (χ0n) is 10.9. The summed E-state index contributed by atoms with van der Waals surface area (Å²) < 4.78 is 5.28. The van der Waals surface area contributed by atoms with Crippen molar-refractivity contribution in [1.29, 1.82) is 0 Å². The molecule has 0 amide bonds. The van der Waals surface area contributed by atoms with Gasteiger partial charge in [0.15, 0.2) is 0 Å². The van der Waals surface area contributed by atoms with Gasteiger partial charge in [0.25, 0.3) is 0 Å². The molecule has 2 heteroatoms. The van der Waals surface area contributed by atoms with Gasteiger partial charge < -0.3 is 4.74 Å². The number of benzene rings is 1. The molecule has 1 nitrogen and oxygen atoms in total. The summed E-state index contributed by atoms with van der Waals surface area (Å²) >= 11 is 6.63. The highest BCUT2D eigenvalue weighted by molar-refractivity contribution is 6.21. The zero-order chi connectivity index (χ0) is 12.4. The summed E-state index contributed by atoms with van der Waals surface area (Å²) in [6, 6.07) is 6.30. The van der Waals surface area contributed by atoms with Crippen LogP contribution >= 0.6 is 11.6 Å². The lowest BCUT2D eigenvalue weighted by Gasteiger charge is -2.22. The SMILES string of the molecule is COc1ccc(C(Cl)C2CCCC2C)cc1C. The van der Waals surface area contributed by atoms with Gasteiger partial charge in [-0.2, -0.15) is 0 Å². The number of aryl methyl sites for hydroxylation is 1. The van der Waals surface area contributed by atoms with Gasteiger partial charge in [-0.15, -0.1) is 11.6 Å². The molecule has 0 saturated heterocycles. The number of ether oxygens (including phenoxy) is 1. The fourth-order valence-electron chi connectivity index (χ4n) is 2.93. The van der Waals surface area contributed by atoms with Crippen LogP contribution in [0.15, 0.2) is 18.2 Å². The molecule has 3 atom stereocenters. The van der Waals surface area contributed by atoms with Crippen LogP contribution < -0.4 is 4.74 Å². The van der Waals surface area contributed by atoms with E-state index < -0.39 is 0 Å². The average molecular weight is 253 g/mol. The van der Waals surface area contributed by atoms with E-state index in [4.69, 9.17) is 16.3 Å². The van der Waals surface area contributed by atoms with Crippen molar-refractivity contribution in [3.8, 4) is 5.75 Å². The Bertz CT molecular complexity index is 389. The Morgan fingerprint density at radius 3 is 2.65 bits per heavy atom. The Hall–Kier alpha value is -0.690. The number of halogens is 1. The summed E-state index contributed by atoms with van der Waals surface area (Å²) in [5.41, 5.74) is 2.41. The molecular formula is C15H21ClO. The molecule has 0 N–H and O–H groups in total. The van der Waals surface area contributed by atoms with Crippen molar-refractivity contribution in [1.82, 2.24) is 0 Å². The molecule has 1 saturated carbocycles. The Morgan fingerprint density at radius 2 is 2.12 bits per heavy atom. The molecule has 1 aromatic carbocycles. The summed E-state index contributed by atoms with van der Waals surface area (Å²) in [5.74, 6) is 2.32. The second kappa shape index (κ2) is 5.30. The normalized spacial score (nSPS) is 25.9. The molecule has 2 rings (SSSR count). The van der Waals surface area contributed by atoms with E-state index in [1.807, 2.05) is 6.07 Å². The maximum absolute atomic E-state index is 6.63. The molecule has 0 radical (unpaired) electrons. The highest BCUT2D eigenvalue weighted by atomic mass is 35.5. The molecule has 1 aromatic rings. The summed E-state index contributed by atoms with van der Waals surface area (Å²) in [6.45, 7) is 4.40. The quantitative estimate of drug-likeness (QED) is 0.708. The highest BCUT2D eigenvalue weighted by Gasteiger charge is 2.30. The lowest BCUT2D eigenvalue weighted by atomic mass is 9.90. The molecule has 0 aromatic heterocycles. The number of methoxy groups -OCH3 is 1. The third-order valence-electron chi connectivity index (χ3n) is 4.04. The molecule has 1 aliphatic carbocycles. The first-order valence-electron chi connectivity index (χ1n) is 6.42. The van der Waals surface area contributed by atoms with Gasteiger partial charge in [0.2, 0.25) is 0 Å². The van der Waals surface area contributed by atoms with Gasteiger partial charge >= 0.3 is 0 Å². The lowest BCUT2D eigenvalue weighted by Crippen LogP contribution is -2.11. The molecule has 0 heterocycles. The smallest absolute Gasteiger partial charge is 0.121 e. The summed E-state index contributed by atoms with van der Waals surface area (Å²) in [7, 11) is 1.71. The first kappa shape index (κ1) is 12.8. The van der Waals surface area contributed by atoms with Crippen LogP contribution in [-0.2, 0) is 0 Å². The van der Waals surface area contributed by atoms with Crippen molar-refractivity contribution >= 4 is 11.6 Å². The third-order valence-corrected chi connectivity index (χ3v) is 4.62. The molecule has 0 bridgehead atoms. The second-order valence-electron chi connectivity index (χ2n) is 5.20. The average Bonchev–Trinajstić information content (AvgIpc) is 2.74. The van der Waals surface area contributed by atoms with Crippen molar-refractivity contribution < 1.29 is 4.74 Å². The van der Waals surface area contributed by atoms with Crippen molar-refractivity contribution in [2.24, 2.45) is 11.8 Å². The predicted molar refractivity (Wildman–Crippen MR) is 72.8 cm³/mol. The van der Waals surface area contributed by atoms with E-state index in [1.165, 1.54) is 30.4 Å². The van der Waals surface area contributed by atoms with Crippen LogP contribution in [0.2, 0.25) is 0 Å². The van der Waals surface area contributed by atoms with Crippen LogP contribution in [0.4, 0.5) is 0 Å². The van der Waals surface area contributed by atoms with E-state index in [1.54, 1.807) is 7.11 Å². The first-order valence-corrected chi connectivity index (χ1v) is 6.85. The second-order valence-corrected chi connectivity index (χ2v) is 5.67. The van der Waals surface area contributed by atoms with Crippen molar-refractivity contribution in [3.63, 3.8) is 0 Å². The van der Waals surface area contributed by atoms with E-state index in [2.05, 4.69) is 26.0 Å². The molecule has 1 fully saturated rings. The molecule has 17 heavy (non-hydrogen) atoms. The van der Waals surface area contributed by atoms with Crippen molar-refractivity contribution in [2.45, 2.75) is 38.5 Å². The predicted octanol–water partition coefficient (Wildman–Crippen LogP) is 4.72. The van der Waals surface area contributed by atoms with Gasteiger partial charge in [-0.05, 0) is 42.4 Å². The monoisotopic (exact) mass is 252 g/mol. The van der Waals surface area contributed by atoms with Crippen molar-refractivity contribution in [2.75, 3.05) is 7.11 Å². The van der Waals surface area contributed by atoms with Gasteiger partial charge in [0.05, 0.1) is 12.5 Å². The molecule has 1 aliphatic rings. The van der Waals surface area contributed by atoms with Crippen LogP contribution in [0.3, 0.4) is 0 Å². The van der Waals surface area contributed by atoms with Gasteiger partial charge in [-0.3, -0.25) is 0 Å². The number of hydrogen-bond acceptors (Lipinski definition) is 1. The molecule has 3 unspecified atom stereocenters. The number of alkyl halides is 1. The lowest BCUT2D eigenvalue weighted by molar-refractivity contribution is 0.402. The maximum Gasteiger partial charge on any atom is 0.121 e. The minimum atomic E-state index is 0.150. The molecular weight excluding hydrogens is 232 g/mol. The van der Waals surface area contributed by atoms with Gasteiger partial charge in [-0.1, -0.05) is 31.9 Å². The largest absolute Gasteiger partial charge is 0.496 e. The minimum absolute atomic E-state index is 0.150. The highest BCUT2D eigenvalue weighted by Crippen LogP contribution is 2.44. The molecule has 0 spiro atoms. The van der Waals surface area contributed by atoms with Crippen LogP contribution in [0.5, 0.6) is 5.75 Å². The maximum atomic E-state index is 6.63. The Kier molecular flexibility index (Phi) is 3.98. The van der Waals surface area contributed by atoms with E-state index in [0.29, 0.717) is 5.92 Å². The number of hydrogen-bond donors (Lipinski definition) is 0. The fourth-order valence-corrected chi connectivity index (χ4v) is 3.44. The standard InChI is InChI=1S/C15H21ClO/c1-10-5-4-6-13(10)15(16)12-7-8-14(17-3)11(2)9-12/h7-10,13,15H,4-6H2,1-3H3. The summed E-state index contributed by atoms with van der Waals surface area (Å²) in [5, 5.41) is 0.150. The van der Waals surface area contributed by atoms with E-state index in [0.717, 1.165) is 11.7 Å². The van der Waals surface area contributed by atoms with Gasteiger partial charge in [0.1, 0.15) is 5.75 Å². The zero-order valence-corrected chi connectivity index (χ0v) is 11.6. The molecule has 94 valence electrons. The van der Waals surface area contributed by atoms with E-state index in [9.17, 15) is 0 Å². The van der Waals surface area contributed by atoms with E-state index in [-0.39, 0.29) is 5.38 Å². The Labute approximate surface area is 109 Å². The fraction of sp³-hybridized carbons (Fsp3) is 0.600. The topological polar surface area (TPSA) is 9.23 Å². The Balaban J connectivity index is 2.19. The Morgan fingerprint density at radius 1 is 1.35 bits per heavy atom. The first-order chi connectivity index (χ1) is 8.13. The summed E-state index contributed by atoms with van der Waals surface area (Å²) in [6.07, 6.45) is 3.91. The van der Waals surface area contributed by atoms with Crippen molar-refractivity contribution in [3.05, 3.63) is 29.3 Å². The molecule has 0 aliphatic heterocycles. The third kappa shape index (κ3) is 2.60. The minimum Gasteiger partial charge on any atom is -0.496 e. The van der Waals surface area contributed by atoms with Gasteiger partial charge in [0, 0.05) is 0 Å². The number of rotatable bonds is 3. The van der Waals surface area contributed by atoms with Crippen LogP contribution in [-0.4, -0.2) is 7.11 Å². The van der Waals surface area contributed by atoms with Crippen LogP contribution in [0.1, 0.15) is 42.7 Å². The van der Waals surface area contributed by atoms with Crippen LogP contribution in [0.25, 0.3) is 0 Å². The van der Waals surface area contributed by atoms with E-state index >= 15 is 0 Å². The van der Waals surface area contributed by atoms with Gasteiger partial charge in [-0.25, -0.2) is 0 Å². The summed E-state index contributed by atoms with van der Waals surface area (Å²) in [4.78, 5) is 0. The van der Waals surface area contributed by atoms with Crippen LogP contribution in [0, 0.1) is 18.8 Å².